The molecule has 0 saturated carbocycles. The average molecular weight is 346 g/mol. The van der Waals surface area contributed by atoms with E-state index in [9.17, 15) is 18.0 Å². The average Bonchev–Trinajstić information content (AvgIpc) is 2.56. The number of rotatable bonds is 4. The summed E-state index contributed by atoms with van der Waals surface area (Å²) in [6, 6.07) is 9.37. The molecular weight excluding hydrogens is 333 g/mol. The summed E-state index contributed by atoms with van der Waals surface area (Å²) in [6.07, 6.45) is -1.83. The highest BCUT2D eigenvalue weighted by Crippen LogP contribution is 2.30. The number of nitrogens with zero attached hydrogens (tertiary/aromatic N) is 2. The molecule has 2 rings (SSSR count). The number of benzene rings is 1. The maximum atomic E-state index is 12.7. The van der Waals surface area contributed by atoms with Crippen LogP contribution in [0.15, 0.2) is 54.4 Å². The van der Waals surface area contributed by atoms with Crippen LogP contribution >= 0.6 is 0 Å². The SMILES string of the molecule is Cc1cccnc1N/C=C(/C#N)C(=O)Nc1cccc(C(F)(F)F)c1. The Morgan fingerprint density at radius 1 is 1.28 bits per heavy atom. The molecule has 25 heavy (non-hydrogen) atoms. The van der Waals surface area contributed by atoms with Crippen LogP contribution in [0.3, 0.4) is 0 Å². The molecule has 0 saturated heterocycles. The number of carbonyl (C=O) groups is 1. The Morgan fingerprint density at radius 2 is 2.04 bits per heavy atom. The minimum Gasteiger partial charge on any atom is -0.345 e. The molecule has 0 unspecified atom stereocenters. The Labute approximate surface area is 141 Å². The van der Waals surface area contributed by atoms with Gasteiger partial charge in [0, 0.05) is 18.1 Å². The van der Waals surface area contributed by atoms with Gasteiger partial charge in [0.25, 0.3) is 5.91 Å². The van der Waals surface area contributed by atoms with E-state index in [4.69, 9.17) is 5.26 Å². The highest BCUT2D eigenvalue weighted by molar-refractivity contribution is 6.06. The summed E-state index contributed by atoms with van der Waals surface area (Å²) < 4.78 is 38.0. The third-order valence-electron chi connectivity index (χ3n) is 3.18. The molecule has 0 fully saturated rings. The molecule has 8 heteroatoms. The second-order valence-electron chi connectivity index (χ2n) is 5.02. The van der Waals surface area contributed by atoms with E-state index in [-0.39, 0.29) is 11.3 Å². The molecule has 1 aromatic heterocycles. The predicted octanol–water partition coefficient (Wildman–Crippen LogP) is 3.87. The second kappa shape index (κ2) is 7.49. The van der Waals surface area contributed by atoms with E-state index in [1.165, 1.54) is 18.3 Å². The van der Waals surface area contributed by atoms with Crippen LogP contribution in [-0.2, 0) is 11.0 Å². The summed E-state index contributed by atoms with van der Waals surface area (Å²) in [6.45, 7) is 1.79. The molecule has 0 aliphatic rings. The molecule has 1 aromatic carbocycles. The molecule has 0 spiro atoms. The largest absolute Gasteiger partial charge is 0.416 e. The van der Waals surface area contributed by atoms with Gasteiger partial charge in [0.1, 0.15) is 17.5 Å². The number of nitrogens with one attached hydrogen (secondary N) is 2. The molecule has 2 N–H and O–H groups in total. The molecule has 0 aliphatic heterocycles. The van der Waals surface area contributed by atoms with Crippen LogP contribution in [0, 0.1) is 18.3 Å². The lowest BCUT2D eigenvalue weighted by Crippen LogP contribution is -2.15. The van der Waals surface area contributed by atoms with Gasteiger partial charge in [-0.3, -0.25) is 4.79 Å². The summed E-state index contributed by atoms with van der Waals surface area (Å²) >= 11 is 0. The molecule has 0 radical (unpaired) electrons. The zero-order chi connectivity index (χ0) is 18.4. The minimum absolute atomic E-state index is 0.0602. The number of amides is 1. The number of halogens is 3. The molecule has 2 aromatic rings. The lowest BCUT2D eigenvalue weighted by atomic mass is 10.2. The van der Waals surface area contributed by atoms with E-state index in [1.54, 1.807) is 25.1 Å². The number of aromatic nitrogens is 1. The zero-order valence-corrected chi connectivity index (χ0v) is 13.1. The van der Waals surface area contributed by atoms with Crippen molar-refractivity contribution in [3.8, 4) is 6.07 Å². The van der Waals surface area contributed by atoms with Crippen molar-refractivity contribution in [2.45, 2.75) is 13.1 Å². The van der Waals surface area contributed by atoms with Crippen molar-refractivity contribution >= 4 is 17.4 Å². The van der Waals surface area contributed by atoms with E-state index >= 15 is 0 Å². The summed E-state index contributed by atoms with van der Waals surface area (Å²) in [7, 11) is 0. The van der Waals surface area contributed by atoms with Crippen molar-refractivity contribution in [3.05, 3.63) is 65.5 Å². The van der Waals surface area contributed by atoms with Crippen molar-refractivity contribution in [1.82, 2.24) is 4.98 Å². The zero-order valence-electron chi connectivity index (χ0n) is 13.1. The van der Waals surface area contributed by atoms with Crippen molar-refractivity contribution in [2.24, 2.45) is 0 Å². The first-order valence-corrected chi connectivity index (χ1v) is 7.08. The molecule has 5 nitrogen and oxygen atoms in total. The van der Waals surface area contributed by atoms with Gasteiger partial charge in [-0.25, -0.2) is 4.98 Å². The molecule has 1 amide bonds. The van der Waals surface area contributed by atoms with E-state index in [2.05, 4.69) is 15.6 Å². The summed E-state index contributed by atoms with van der Waals surface area (Å²) in [5, 5.41) is 14.1. The van der Waals surface area contributed by atoms with Gasteiger partial charge in [-0.05, 0) is 36.8 Å². The summed E-state index contributed by atoms with van der Waals surface area (Å²) in [5.41, 5.74) is -0.457. The van der Waals surface area contributed by atoms with Gasteiger partial charge < -0.3 is 10.6 Å². The van der Waals surface area contributed by atoms with Crippen LogP contribution in [0.5, 0.6) is 0 Å². The molecule has 0 atom stereocenters. The lowest BCUT2D eigenvalue weighted by Gasteiger charge is -2.10. The first kappa shape index (κ1) is 18.0. The topological polar surface area (TPSA) is 77.8 Å². The fourth-order valence-corrected chi connectivity index (χ4v) is 1.90. The van der Waals surface area contributed by atoms with E-state index in [0.29, 0.717) is 5.82 Å². The van der Waals surface area contributed by atoms with Gasteiger partial charge >= 0.3 is 6.18 Å². The van der Waals surface area contributed by atoms with Crippen molar-refractivity contribution in [3.63, 3.8) is 0 Å². The Kier molecular flexibility index (Phi) is 5.39. The van der Waals surface area contributed by atoms with Crippen LogP contribution in [-0.4, -0.2) is 10.9 Å². The smallest absolute Gasteiger partial charge is 0.345 e. The van der Waals surface area contributed by atoms with Crippen molar-refractivity contribution < 1.29 is 18.0 Å². The molecule has 128 valence electrons. The van der Waals surface area contributed by atoms with Crippen LogP contribution < -0.4 is 10.6 Å². The Balaban J connectivity index is 2.14. The number of carbonyl (C=O) groups excluding carboxylic acids is 1. The maximum Gasteiger partial charge on any atom is 0.416 e. The normalized spacial score (nSPS) is 11.6. The molecule has 0 aliphatic carbocycles. The van der Waals surface area contributed by atoms with Gasteiger partial charge in [0.2, 0.25) is 0 Å². The third-order valence-corrected chi connectivity index (χ3v) is 3.18. The lowest BCUT2D eigenvalue weighted by molar-refractivity contribution is -0.137. The predicted molar refractivity (Wildman–Crippen MR) is 86.4 cm³/mol. The molecule has 0 bridgehead atoms. The van der Waals surface area contributed by atoms with Gasteiger partial charge in [-0.15, -0.1) is 0 Å². The van der Waals surface area contributed by atoms with Crippen molar-refractivity contribution in [2.75, 3.05) is 10.6 Å². The third kappa shape index (κ3) is 4.81. The van der Waals surface area contributed by atoms with Gasteiger partial charge in [0.05, 0.1) is 5.56 Å². The fraction of sp³-hybridized carbons (Fsp3) is 0.118. The Hall–Kier alpha value is -3.34. The monoisotopic (exact) mass is 346 g/mol. The number of pyridine rings is 1. The maximum absolute atomic E-state index is 12.7. The van der Waals surface area contributed by atoms with Crippen LogP contribution in [0.2, 0.25) is 0 Å². The van der Waals surface area contributed by atoms with Gasteiger partial charge in [0.15, 0.2) is 0 Å². The van der Waals surface area contributed by atoms with Crippen LogP contribution in [0.1, 0.15) is 11.1 Å². The number of anilines is 2. The Morgan fingerprint density at radius 3 is 2.68 bits per heavy atom. The number of alkyl halides is 3. The van der Waals surface area contributed by atoms with E-state index in [0.717, 1.165) is 23.9 Å². The first-order chi connectivity index (χ1) is 11.8. The second-order valence-corrected chi connectivity index (χ2v) is 5.02. The van der Waals surface area contributed by atoms with E-state index in [1.807, 2.05) is 0 Å². The van der Waals surface area contributed by atoms with Crippen molar-refractivity contribution in [1.29, 1.82) is 5.26 Å². The highest BCUT2D eigenvalue weighted by atomic mass is 19.4. The highest BCUT2D eigenvalue weighted by Gasteiger charge is 2.30. The van der Waals surface area contributed by atoms with Crippen LogP contribution in [0.4, 0.5) is 24.7 Å². The van der Waals surface area contributed by atoms with E-state index < -0.39 is 17.6 Å². The number of nitriles is 1. The Bertz CT molecular complexity index is 853. The standard InChI is InChI=1S/C17H13F3N4O/c1-11-4-3-7-22-15(11)23-10-12(9-21)16(25)24-14-6-2-5-13(8-14)17(18,19)20/h2-8,10H,1H3,(H,22,23)(H,24,25)/b12-10-. The minimum atomic E-state index is -4.52. The van der Waals surface area contributed by atoms with Crippen LogP contribution in [0.25, 0.3) is 0 Å². The summed E-state index contributed by atoms with van der Waals surface area (Å²) in [4.78, 5) is 16.1. The molecular formula is C17H13F3N4O. The fourth-order valence-electron chi connectivity index (χ4n) is 1.90. The first-order valence-electron chi connectivity index (χ1n) is 7.08. The van der Waals surface area contributed by atoms with Gasteiger partial charge in [-0.1, -0.05) is 12.1 Å². The summed E-state index contributed by atoms with van der Waals surface area (Å²) in [5.74, 6) is -0.370. The molecule has 1 heterocycles. The van der Waals surface area contributed by atoms with Gasteiger partial charge in [-0.2, -0.15) is 18.4 Å². The quantitative estimate of drug-likeness (QED) is 0.651. The number of hydrogen-bond acceptors (Lipinski definition) is 4. The number of hydrogen-bond donors (Lipinski definition) is 2. The number of aryl methyl sites for hydroxylation is 1.